The fourth-order valence-corrected chi connectivity index (χ4v) is 4.52. The molecule has 0 bridgehead atoms. The fraction of sp³-hybridized carbons (Fsp3) is 0.562. The van der Waals surface area contributed by atoms with E-state index < -0.39 is 10.0 Å². The van der Waals surface area contributed by atoms with E-state index in [1.165, 1.54) is 27.4 Å². The Morgan fingerprint density at radius 3 is 2.54 bits per heavy atom. The summed E-state index contributed by atoms with van der Waals surface area (Å²) in [5, 5.41) is 9.26. The van der Waals surface area contributed by atoms with Crippen LogP contribution in [-0.4, -0.2) is 61.4 Å². The van der Waals surface area contributed by atoms with Crippen LogP contribution in [0.15, 0.2) is 23.1 Å². The number of nitrogens with zero attached hydrogens (tertiary/aromatic N) is 2. The topological polar surface area (TPSA) is 77.9 Å². The van der Waals surface area contributed by atoms with E-state index >= 15 is 0 Å². The minimum atomic E-state index is -3.62. The summed E-state index contributed by atoms with van der Waals surface area (Å²) < 4.78 is 27.0. The summed E-state index contributed by atoms with van der Waals surface area (Å²) in [7, 11) is -3.62. The van der Waals surface area contributed by atoms with E-state index in [2.05, 4.69) is 0 Å². The standard InChI is InChI=1S/C16H23ClN2O4S/c1-2-18(10-11-20)16(21)14-12-13(6-7-15(14)17)24(22,23)19-8-4-3-5-9-19/h6-7,12,20H,2-5,8-11H2,1H3. The molecule has 0 radical (unpaired) electrons. The molecule has 1 amide bonds. The predicted octanol–water partition coefficient (Wildman–Crippen LogP) is 1.97. The van der Waals surface area contributed by atoms with Crippen LogP contribution in [0, 0.1) is 0 Å². The van der Waals surface area contributed by atoms with Crippen LogP contribution >= 0.6 is 11.6 Å². The summed E-state index contributed by atoms with van der Waals surface area (Å²) in [4.78, 5) is 14.1. The summed E-state index contributed by atoms with van der Waals surface area (Å²) in [6.07, 6.45) is 2.72. The Hall–Kier alpha value is -1.15. The Bertz CT molecular complexity index is 687. The van der Waals surface area contributed by atoms with Crippen molar-refractivity contribution in [2.24, 2.45) is 0 Å². The van der Waals surface area contributed by atoms with Gasteiger partial charge in [-0.1, -0.05) is 18.0 Å². The van der Waals surface area contributed by atoms with Crippen LogP contribution in [0.4, 0.5) is 0 Å². The molecule has 0 spiro atoms. The highest BCUT2D eigenvalue weighted by Crippen LogP contribution is 2.26. The lowest BCUT2D eigenvalue weighted by Gasteiger charge is -2.26. The number of aliphatic hydroxyl groups excluding tert-OH is 1. The molecule has 0 saturated carbocycles. The normalized spacial score (nSPS) is 16.1. The van der Waals surface area contributed by atoms with Crippen LogP contribution in [0.5, 0.6) is 0 Å². The first kappa shape index (κ1) is 19.2. The molecule has 0 aliphatic carbocycles. The van der Waals surface area contributed by atoms with Crippen molar-refractivity contribution < 1.29 is 18.3 Å². The van der Waals surface area contributed by atoms with Crippen LogP contribution < -0.4 is 0 Å². The van der Waals surface area contributed by atoms with Crippen molar-refractivity contribution in [3.63, 3.8) is 0 Å². The molecule has 8 heteroatoms. The second kappa shape index (κ2) is 8.29. The van der Waals surface area contributed by atoms with Crippen LogP contribution in [-0.2, 0) is 10.0 Å². The van der Waals surface area contributed by atoms with Gasteiger partial charge in [-0.25, -0.2) is 8.42 Å². The van der Waals surface area contributed by atoms with Gasteiger partial charge in [0.25, 0.3) is 5.91 Å². The summed E-state index contributed by atoms with van der Waals surface area (Å²) in [6.45, 7) is 3.20. The van der Waals surface area contributed by atoms with Gasteiger partial charge in [0.05, 0.1) is 22.1 Å². The van der Waals surface area contributed by atoms with Crippen LogP contribution in [0.3, 0.4) is 0 Å². The zero-order valence-corrected chi connectivity index (χ0v) is 15.3. The Morgan fingerprint density at radius 2 is 1.96 bits per heavy atom. The average Bonchev–Trinajstić information content (AvgIpc) is 2.60. The third-order valence-electron chi connectivity index (χ3n) is 4.16. The summed E-state index contributed by atoms with van der Waals surface area (Å²) >= 11 is 6.11. The quantitative estimate of drug-likeness (QED) is 0.825. The number of hydrogen-bond acceptors (Lipinski definition) is 4. The summed E-state index contributed by atoms with van der Waals surface area (Å²) in [5.74, 6) is -0.382. The number of carbonyl (C=O) groups excluding carboxylic acids is 1. The lowest BCUT2D eigenvalue weighted by molar-refractivity contribution is 0.0732. The number of piperidine rings is 1. The molecule has 1 N–H and O–H groups in total. The highest BCUT2D eigenvalue weighted by molar-refractivity contribution is 7.89. The van der Waals surface area contributed by atoms with Gasteiger partial charge < -0.3 is 10.0 Å². The largest absolute Gasteiger partial charge is 0.395 e. The van der Waals surface area contributed by atoms with Crippen molar-refractivity contribution in [2.45, 2.75) is 31.1 Å². The Labute approximate surface area is 148 Å². The van der Waals surface area contributed by atoms with E-state index in [-0.39, 0.29) is 34.5 Å². The van der Waals surface area contributed by atoms with Gasteiger partial charge in [-0.15, -0.1) is 0 Å². The molecular formula is C16H23ClN2O4S. The van der Waals surface area contributed by atoms with Crippen molar-refractivity contribution in [2.75, 3.05) is 32.8 Å². The van der Waals surface area contributed by atoms with Crippen molar-refractivity contribution in [3.8, 4) is 0 Å². The van der Waals surface area contributed by atoms with Crippen molar-refractivity contribution in [1.82, 2.24) is 9.21 Å². The number of likely N-dealkylation sites (N-methyl/N-ethyl adjacent to an activating group) is 1. The lowest BCUT2D eigenvalue weighted by atomic mass is 10.2. The molecule has 1 aromatic rings. The molecule has 0 aromatic heterocycles. The summed E-state index contributed by atoms with van der Waals surface area (Å²) in [6, 6.07) is 4.22. The molecular weight excluding hydrogens is 352 g/mol. The van der Waals surface area contributed by atoms with E-state index in [1.54, 1.807) is 6.92 Å². The maximum Gasteiger partial charge on any atom is 0.255 e. The van der Waals surface area contributed by atoms with Crippen LogP contribution in [0.2, 0.25) is 5.02 Å². The first-order chi connectivity index (χ1) is 11.4. The number of amides is 1. The van der Waals surface area contributed by atoms with E-state index in [4.69, 9.17) is 16.7 Å². The third kappa shape index (κ3) is 4.08. The van der Waals surface area contributed by atoms with Crippen LogP contribution in [0.25, 0.3) is 0 Å². The van der Waals surface area contributed by atoms with E-state index in [1.807, 2.05) is 0 Å². The molecule has 24 heavy (non-hydrogen) atoms. The SMILES string of the molecule is CCN(CCO)C(=O)c1cc(S(=O)(=O)N2CCCCC2)ccc1Cl. The minimum Gasteiger partial charge on any atom is -0.395 e. The third-order valence-corrected chi connectivity index (χ3v) is 6.38. The van der Waals surface area contributed by atoms with Crippen LogP contribution in [0.1, 0.15) is 36.5 Å². The molecule has 0 atom stereocenters. The first-order valence-electron chi connectivity index (χ1n) is 8.11. The molecule has 2 rings (SSSR count). The number of benzene rings is 1. The number of rotatable bonds is 6. The molecule has 0 unspecified atom stereocenters. The lowest BCUT2D eigenvalue weighted by Crippen LogP contribution is -2.36. The molecule has 1 aliphatic rings. The Morgan fingerprint density at radius 1 is 1.29 bits per heavy atom. The number of carbonyl (C=O) groups is 1. The van der Waals surface area contributed by atoms with Gasteiger partial charge in [-0.2, -0.15) is 4.31 Å². The number of aliphatic hydroxyl groups is 1. The van der Waals surface area contributed by atoms with E-state index in [9.17, 15) is 13.2 Å². The fourth-order valence-electron chi connectivity index (χ4n) is 2.78. The van der Waals surface area contributed by atoms with Crippen molar-refractivity contribution in [3.05, 3.63) is 28.8 Å². The molecule has 1 heterocycles. The monoisotopic (exact) mass is 374 g/mol. The highest BCUT2D eigenvalue weighted by Gasteiger charge is 2.28. The average molecular weight is 375 g/mol. The van der Waals surface area contributed by atoms with Gasteiger partial charge >= 0.3 is 0 Å². The molecule has 6 nitrogen and oxygen atoms in total. The maximum atomic E-state index is 12.8. The number of sulfonamides is 1. The first-order valence-corrected chi connectivity index (χ1v) is 9.93. The second-order valence-corrected chi connectivity index (χ2v) is 8.06. The van der Waals surface area contributed by atoms with Gasteiger partial charge in [0.2, 0.25) is 10.0 Å². The van der Waals surface area contributed by atoms with Crippen molar-refractivity contribution in [1.29, 1.82) is 0 Å². The zero-order chi connectivity index (χ0) is 17.7. The minimum absolute atomic E-state index is 0.0807. The van der Waals surface area contributed by atoms with Gasteiger partial charge in [-0.3, -0.25) is 4.79 Å². The maximum absolute atomic E-state index is 12.8. The van der Waals surface area contributed by atoms with Gasteiger partial charge in [0.15, 0.2) is 0 Å². The highest BCUT2D eigenvalue weighted by atomic mass is 35.5. The van der Waals surface area contributed by atoms with Gasteiger partial charge in [0, 0.05) is 26.2 Å². The van der Waals surface area contributed by atoms with E-state index in [0.29, 0.717) is 19.6 Å². The smallest absolute Gasteiger partial charge is 0.255 e. The molecule has 134 valence electrons. The Kier molecular flexibility index (Phi) is 6.62. The predicted molar refractivity (Wildman–Crippen MR) is 92.7 cm³/mol. The molecule has 1 fully saturated rings. The van der Waals surface area contributed by atoms with Gasteiger partial charge in [0.1, 0.15) is 0 Å². The van der Waals surface area contributed by atoms with Gasteiger partial charge in [-0.05, 0) is 38.0 Å². The van der Waals surface area contributed by atoms with Crippen molar-refractivity contribution >= 4 is 27.5 Å². The number of hydrogen-bond donors (Lipinski definition) is 1. The zero-order valence-electron chi connectivity index (χ0n) is 13.7. The molecule has 1 aliphatic heterocycles. The molecule has 1 aromatic carbocycles. The number of halogens is 1. The summed E-state index contributed by atoms with van der Waals surface area (Å²) in [5.41, 5.74) is 0.144. The Balaban J connectivity index is 2.35. The second-order valence-electron chi connectivity index (χ2n) is 5.71. The van der Waals surface area contributed by atoms with E-state index in [0.717, 1.165) is 19.3 Å². The molecule has 1 saturated heterocycles.